The number of phenols is 1. The highest BCUT2D eigenvalue weighted by atomic mass is 16.3. The van der Waals surface area contributed by atoms with E-state index < -0.39 is 0 Å². The van der Waals surface area contributed by atoms with Crippen molar-refractivity contribution in [1.29, 1.82) is 0 Å². The van der Waals surface area contributed by atoms with Gasteiger partial charge in [0.2, 0.25) is 5.91 Å². The number of carbonyl (C=O) groups is 1. The van der Waals surface area contributed by atoms with Gasteiger partial charge in [0.15, 0.2) is 0 Å². The fourth-order valence-electron chi connectivity index (χ4n) is 2.92. The number of nitrogens with one attached hydrogen (secondary N) is 1. The summed E-state index contributed by atoms with van der Waals surface area (Å²) in [7, 11) is 0. The molecule has 1 aliphatic carbocycles. The summed E-state index contributed by atoms with van der Waals surface area (Å²) in [4.78, 5) is 14.2. The molecule has 0 atom stereocenters. The van der Waals surface area contributed by atoms with Crippen LogP contribution in [0.2, 0.25) is 0 Å². The van der Waals surface area contributed by atoms with Gasteiger partial charge in [-0.1, -0.05) is 12.1 Å². The number of likely N-dealkylation sites (tertiary alicyclic amines) is 1. The normalized spacial score (nSPS) is 20.4. The number of hydrogen-bond acceptors (Lipinski definition) is 3. The lowest BCUT2D eigenvalue weighted by Gasteiger charge is -2.32. The molecule has 21 heavy (non-hydrogen) atoms. The summed E-state index contributed by atoms with van der Waals surface area (Å²) in [5, 5.41) is 12.5. The molecule has 2 N–H and O–H groups in total. The molecule has 0 aromatic heterocycles. The minimum absolute atomic E-state index is 0.276. The molecule has 4 nitrogen and oxygen atoms in total. The van der Waals surface area contributed by atoms with Crippen molar-refractivity contribution in [2.45, 2.75) is 38.1 Å². The number of benzene rings is 1. The molecule has 2 aliphatic rings. The van der Waals surface area contributed by atoms with Gasteiger partial charge in [-0.15, -0.1) is 0 Å². The van der Waals surface area contributed by atoms with Crippen molar-refractivity contribution in [1.82, 2.24) is 10.2 Å². The van der Waals surface area contributed by atoms with Crippen LogP contribution >= 0.6 is 0 Å². The van der Waals surface area contributed by atoms with Gasteiger partial charge in [-0.05, 0) is 49.8 Å². The summed E-state index contributed by atoms with van der Waals surface area (Å²) >= 11 is 0. The summed E-state index contributed by atoms with van der Waals surface area (Å²) in [5.74, 6) is 0.918. The van der Waals surface area contributed by atoms with Crippen molar-refractivity contribution in [2.75, 3.05) is 19.6 Å². The van der Waals surface area contributed by atoms with E-state index in [0.717, 1.165) is 51.7 Å². The zero-order chi connectivity index (χ0) is 14.7. The monoisotopic (exact) mass is 288 g/mol. The highest BCUT2D eigenvalue weighted by Crippen LogP contribution is 2.29. The van der Waals surface area contributed by atoms with E-state index in [0.29, 0.717) is 17.7 Å². The molecule has 1 aromatic rings. The second kappa shape index (κ2) is 6.48. The fraction of sp³-hybridized carbons (Fsp3) is 0.588. The second-order valence-electron chi connectivity index (χ2n) is 6.32. The smallest absolute Gasteiger partial charge is 0.223 e. The lowest BCUT2D eigenvalue weighted by molar-refractivity contribution is -0.123. The van der Waals surface area contributed by atoms with Gasteiger partial charge in [-0.25, -0.2) is 0 Å². The number of nitrogens with zero attached hydrogens (tertiary/aromatic N) is 1. The Kier molecular flexibility index (Phi) is 4.44. The highest BCUT2D eigenvalue weighted by Gasteiger charge is 2.31. The maximum atomic E-state index is 11.7. The molecule has 114 valence electrons. The Morgan fingerprint density at radius 3 is 2.43 bits per heavy atom. The summed E-state index contributed by atoms with van der Waals surface area (Å²) in [6.07, 6.45) is 5.30. The molecule has 0 spiro atoms. The van der Waals surface area contributed by atoms with E-state index in [2.05, 4.69) is 10.2 Å². The summed E-state index contributed by atoms with van der Waals surface area (Å²) in [6, 6.07) is 7.84. The van der Waals surface area contributed by atoms with E-state index >= 15 is 0 Å². The largest absolute Gasteiger partial charge is 0.508 e. The van der Waals surface area contributed by atoms with Crippen LogP contribution in [0.15, 0.2) is 24.3 Å². The molecule has 2 fully saturated rings. The van der Waals surface area contributed by atoms with Crippen molar-refractivity contribution >= 4 is 5.91 Å². The van der Waals surface area contributed by atoms with Crippen molar-refractivity contribution in [3.05, 3.63) is 29.8 Å². The first-order valence-electron chi connectivity index (χ1n) is 8.01. The number of amides is 1. The quantitative estimate of drug-likeness (QED) is 0.870. The molecule has 1 saturated heterocycles. The number of aromatic hydroxyl groups is 1. The first-order chi connectivity index (χ1) is 10.2. The Bertz CT molecular complexity index is 474. The lowest BCUT2D eigenvalue weighted by Crippen LogP contribution is -2.45. The van der Waals surface area contributed by atoms with Crippen LogP contribution in [-0.2, 0) is 11.2 Å². The summed E-state index contributed by atoms with van der Waals surface area (Å²) < 4.78 is 0. The van der Waals surface area contributed by atoms with Crippen LogP contribution < -0.4 is 5.32 Å². The van der Waals surface area contributed by atoms with Gasteiger partial charge in [0.1, 0.15) is 5.75 Å². The molecular weight excluding hydrogens is 264 g/mol. The van der Waals surface area contributed by atoms with Crippen LogP contribution in [0.4, 0.5) is 0 Å². The topological polar surface area (TPSA) is 52.6 Å². The Labute approximate surface area is 126 Å². The first-order valence-corrected chi connectivity index (χ1v) is 8.01. The number of hydrogen-bond donors (Lipinski definition) is 2. The minimum atomic E-state index is 0.276. The predicted octanol–water partition coefficient (Wildman–Crippen LogP) is 1.93. The molecular formula is C17H24N2O2. The molecule has 4 heteroatoms. The van der Waals surface area contributed by atoms with Gasteiger partial charge in [-0.2, -0.15) is 0 Å². The Balaban J connectivity index is 1.37. The van der Waals surface area contributed by atoms with Crippen LogP contribution in [0.5, 0.6) is 5.75 Å². The minimum Gasteiger partial charge on any atom is -0.508 e. The van der Waals surface area contributed by atoms with E-state index in [1.807, 2.05) is 12.1 Å². The number of rotatable bonds is 5. The molecule has 0 radical (unpaired) electrons. The van der Waals surface area contributed by atoms with Crippen molar-refractivity contribution in [3.8, 4) is 5.75 Å². The van der Waals surface area contributed by atoms with E-state index in [-0.39, 0.29) is 5.91 Å². The maximum Gasteiger partial charge on any atom is 0.223 e. The van der Waals surface area contributed by atoms with Crippen molar-refractivity contribution < 1.29 is 9.90 Å². The van der Waals surface area contributed by atoms with E-state index in [1.165, 1.54) is 5.56 Å². The second-order valence-corrected chi connectivity index (χ2v) is 6.32. The zero-order valence-corrected chi connectivity index (χ0v) is 12.4. The Morgan fingerprint density at radius 2 is 1.81 bits per heavy atom. The molecule has 1 aromatic carbocycles. The summed E-state index contributed by atoms with van der Waals surface area (Å²) in [6.45, 7) is 3.18. The average Bonchev–Trinajstić information content (AvgIpc) is 3.33. The van der Waals surface area contributed by atoms with E-state index in [4.69, 9.17) is 0 Å². The van der Waals surface area contributed by atoms with Crippen molar-refractivity contribution in [2.24, 2.45) is 5.92 Å². The molecule has 1 saturated carbocycles. The average molecular weight is 288 g/mol. The zero-order valence-electron chi connectivity index (χ0n) is 12.4. The van der Waals surface area contributed by atoms with Gasteiger partial charge in [0.05, 0.1) is 0 Å². The first kappa shape index (κ1) is 14.4. The predicted molar refractivity (Wildman–Crippen MR) is 82.1 cm³/mol. The molecule has 3 rings (SSSR count). The lowest BCUT2D eigenvalue weighted by atomic mass is 10.0. The third kappa shape index (κ3) is 4.21. The highest BCUT2D eigenvalue weighted by molar-refractivity contribution is 5.81. The third-order valence-electron chi connectivity index (χ3n) is 4.54. The van der Waals surface area contributed by atoms with Crippen LogP contribution in [0.1, 0.15) is 31.2 Å². The fourth-order valence-corrected chi connectivity index (χ4v) is 2.92. The molecule has 1 heterocycles. The third-order valence-corrected chi connectivity index (χ3v) is 4.54. The number of piperidine rings is 1. The van der Waals surface area contributed by atoms with Crippen LogP contribution in [0.3, 0.4) is 0 Å². The van der Waals surface area contributed by atoms with Crippen LogP contribution in [0, 0.1) is 5.92 Å². The molecule has 0 bridgehead atoms. The van der Waals surface area contributed by atoms with Crippen molar-refractivity contribution in [3.63, 3.8) is 0 Å². The number of phenolic OH excluding ortho intramolecular Hbond substituents is 1. The van der Waals surface area contributed by atoms with Gasteiger partial charge in [0.25, 0.3) is 0 Å². The SMILES string of the molecule is O=C(NC1CCN(CCc2ccc(O)cc2)CC1)C1CC1. The van der Waals surface area contributed by atoms with Gasteiger partial charge in [0, 0.05) is 31.6 Å². The summed E-state index contributed by atoms with van der Waals surface area (Å²) in [5.41, 5.74) is 1.26. The van der Waals surface area contributed by atoms with Gasteiger partial charge in [-0.3, -0.25) is 4.79 Å². The maximum absolute atomic E-state index is 11.7. The van der Waals surface area contributed by atoms with Crippen LogP contribution in [-0.4, -0.2) is 41.6 Å². The molecule has 1 amide bonds. The standard InChI is InChI=1S/C17H24N2O2/c20-16-5-1-13(2-6-16)7-10-19-11-8-15(9-12-19)18-17(21)14-3-4-14/h1-2,5-6,14-15,20H,3-4,7-12H2,(H,18,21). The number of carbonyl (C=O) groups excluding carboxylic acids is 1. The van der Waals surface area contributed by atoms with Crippen LogP contribution in [0.25, 0.3) is 0 Å². The van der Waals surface area contributed by atoms with Gasteiger partial charge >= 0.3 is 0 Å². The molecule has 0 unspecified atom stereocenters. The van der Waals surface area contributed by atoms with Gasteiger partial charge < -0.3 is 15.3 Å². The van der Waals surface area contributed by atoms with E-state index in [9.17, 15) is 9.90 Å². The Hall–Kier alpha value is -1.55. The molecule has 1 aliphatic heterocycles. The van der Waals surface area contributed by atoms with E-state index in [1.54, 1.807) is 12.1 Å². The Morgan fingerprint density at radius 1 is 1.14 bits per heavy atom.